The second-order valence-corrected chi connectivity index (χ2v) is 7.10. The highest BCUT2D eigenvalue weighted by Gasteiger charge is 2.35. The van der Waals surface area contributed by atoms with Crippen molar-refractivity contribution in [1.29, 1.82) is 0 Å². The van der Waals surface area contributed by atoms with E-state index in [-0.39, 0.29) is 10.8 Å². The van der Waals surface area contributed by atoms with Crippen LogP contribution in [-0.4, -0.2) is 25.8 Å². The van der Waals surface area contributed by atoms with E-state index in [1.807, 2.05) is 25.4 Å². The Labute approximate surface area is 166 Å². The number of allylic oxidation sites excluding steroid dienone is 2. The Hall–Kier alpha value is -2.87. The molecule has 28 heavy (non-hydrogen) atoms. The van der Waals surface area contributed by atoms with Crippen LogP contribution in [0.4, 0.5) is 4.39 Å². The van der Waals surface area contributed by atoms with E-state index in [1.54, 1.807) is 29.1 Å². The maximum absolute atomic E-state index is 14.2. The molecule has 0 aliphatic heterocycles. The van der Waals surface area contributed by atoms with Crippen LogP contribution in [0.1, 0.15) is 11.3 Å². The fourth-order valence-corrected chi connectivity index (χ4v) is 3.41. The van der Waals surface area contributed by atoms with E-state index in [9.17, 15) is 4.39 Å². The summed E-state index contributed by atoms with van der Waals surface area (Å²) in [4.78, 5) is 8.45. The van der Waals surface area contributed by atoms with Crippen LogP contribution in [0.3, 0.4) is 0 Å². The Morgan fingerprint density at radius 2 is 2.11 bits per heavy atom. The molecule has 3 aromatic rings. The highest BCUT2D eigenvalue weighted by atomic mass is 35.5. The average molecular weight is 397 g/mol. The Bertz CT molecular complexity index is 1110. The Morgan fingerprint density at radius 3 is 2.79 bits per heavy atom. The predicted octanol–water partition coefficient (Wildman–Crippen LogP) is 2.80. The molecule has 4 rings (SSSR count). The largest absolute Gasteiger partial charge is 0.322 e. The zero-order valence-electron chi connectivity index (χ0n) is 15.1. The monoisotopic (exact) mass is 396 g/mol. The summed E-state index contributed by atoms with van der Waals surface area (Å²) in [6.45, 7) is 0. The van der Waals surface area contributed by atoms with Crippen LogP contribution in [0.15, 0.2) is 61.1 Å². The molecule has 0 amide bonds. The molecule has 142 valence electrons. The lowest BCUT2D eigenvalue weighted by atomic mass is 9.81. The van der Waals surface area contributed by atoms with E-state index < -0.39 is 17.4 Å². The summed E-state index contributed by atoms with van der Waals surface area (Å²) in [5.74, 6) is -0.455. The van der Waals surface area contributed by atoms with Crippen LogP contribution in [0, 0.1) is 5.82 Å². The molecule has 6 nitrogen and oxygen atoms in total. The van der Waals surface area contributed by atoms with Gasteiger partial charge in [0.05, 0.1) is 23.5 Å². The van der Waals surface area contributed by atoms with E-state index in [4.69, 9.17) is 23.1 Å². The van der Waals surface area contributed by atoms with Gasteiger partial charge in [-0.2, -0.15) is 5.10 Å². The minimum Gasteiger partial charge on any atom is -0.322 e. The number of halogens is 2. The Balaban J connectivity index is 1.74. The van der Waals surface area contributed by atoms with Crippen molar-refractivity contribution < 1.29 is 4.39 Å². The first-order valence-corrected chi connectivity index (χ1v) is 8.98. The summed E-state index contributed by atoms with van der Waals surface area (Å²) in [5.41, 5.74) is 14.9. The van der Waals surface area contributed by atoms with Crippen LogP contribution in [0.5, 0.6) is 0 Å². The fourth-order valence-electron chi connectivity index (χ4n) is 3.20. The minimum atomic E-state index is -1.10. The highest BCUT2D eigenvalue weighted by Crippen LogP contribution is 2.33. The summed E-state index contributed by atoms with van der Waals surface area (Å²) < 4.78 is 15.9. The number of rotatable bonds is 3. The summed E-state index contributed by atoms with van der Waals surface area (Å²) in [6, 6.07) is 5.51. The predicted molar refractivity (Wildman–Crippen MR) is 107 cm³/mol. The smallest absolute Gasteiger partial charge is 0.149 e. The van der Waals surface area contributed by atoms with Gasteiger partial charge in [-0.05, 0) is 29.8 Å². The second kappa shape index (κ2) is 6.94. The third kappa shape index (κ3) is 3.24. The van der Waals surface area contributed by atoms with E-state index in [2.05, 4.69) is 15.1 Å². The molecule has 2 unspecified atom stereocenters. The van der Waals surface area contributed by atoms with Gasteiger partial charge in [-0.15, -0.1) is 0 Å². The molecule has 0 bridgehead atoms. The third-order valence-electron chi connectivity index (χ3n) is 4.76. The van der Waals surface area contributed by atoms with Gasteiger partial charge in [0.1, 0.15) is 16.7 Å². The standard InChI is InChI=1S/C20H18ClFN6/c1-28-11-14(10-26-28)12-4-5-20(24,16(23)7-12)17-8-13(9-18(21)27-17)19-15(22)3-2-6-25-19/h2-11,16H,23-24H2,1H3. The van der Waals surface area contributed by atoms with Gasteiger partial charge in [0.2, 0.25) is 0 Å². The van der Waals surface area contributed by atoms with Crippen molar-refractivity contribution in [2.24, 2.45) is 18.5 Å². The van der Waals surface area contributed by atoms with E-state index in [1.165, 1.54) is 18.3 Å². The number of pyridine rings is 2. The van der Waals surface area contributed by atoms with Gasteiger partial charge in [0, 0.05) is 30.6 Å². The molecular weight excluding hydrogens is 379 g/mol. The van der Waals surface area contributed by atoms with Gasteiger partial charge in [-0.3, -0.25) is 9.67 Å². The van der Waals surface area contributed by atoms with Crippen molar-refractivity contribution in [3.63, 3.8) is 0 Å². The summed E-state index contributed by atoms with van der Waals surface area (Å²) >= 11 is 6.20. The summed E-state index contributed by atoms with van der Waals surface area (Å²) in [7, 11) is 1.85. The van der Waals surface area contributed by atoms with Gasteiger partial charge < -0.3 is 11.5 Å². The number of nitrogens with zero attached hydrogens (tertiary/aromatic N) is 4. The zero-order valence-corrected chi connectivity index (χ0v) is 15.8. The molecule has 0 aromatic carbocycles. The topological polar surface area (TPSA) is 95.6 Å². The normalized spacial score (nSPS) is 21.6. The third-order valence-corrected chi connectivity index (χ3v) is 4.95. The quantitative estimate of drug-likeness (QED) is 0.664. The molecule has 0 saturated carbocycles. The summed E-state index contributed by atoms with van der Waals surface area (Å²) in [6.07, 6.45) is 10.7. The molecule has 2 atom stereocenters. The van der Waals surface area contributed by atoms with E-state index in [0.29, 0.717) is 11.3 Å². The van der Waals surface area contributed by atoms with Gasteiger partial charge >= 0.3 is 0 Å². The van der Waals surface area contributed by atoms with E-state index >= 15 is 0 Å². The molecule has 4 N–H and O–H groups in total. The number of nitrogens with two attached hydrogens (primary N) is 2. The fraction of sp³-hybridized carbons (Fsp3) is 0.150. The van der Waals surface area contributed by atoms with Gasteiger partial charge in [0.15, 0.2) is 0 Å². The van der Waals surface area contributed by atoms with Crippen molar-refractivity contribution in [3.8, 4) is 11.3 Å². The van der Waals surface area contributed by atoms with Crippen LogP contribution < -0.4 is 11.5 Å². The molecule has 1 aliphatic rings. The zero-order chi connectivity index (χ0) is 19.9. The van der Waals surface area contributed by atoms with Crippen molar-refractivity contribution >= 4 is 17.2 Å². The Kier molecular flexibility index (Phi) is 4.58. The SMILES string of the molecule is Cn1cc(C2=CC(N)C(N)(c3cc(-c4ncccc4F)cc(Cl)n3)C=C2)cn1. The maximum atomic E-state index is 14.2. The average Bonchev–Trinajstić information content (AvgIpc) is 3.10. The minimum absolute atomic E-state index is 0.177. The van der Waals surface area contributed by atoms with Crippen LogP contribution >= 0.6 is 11.6 Å². The first-order chi connectivity index (χ1) is 13.4. The molecule has 0 fully saturated rings. The molecule has 0 radical (unpaired) electrons. The van der Waals surface area contributed by atoms with Gasteiger partial charge in [0.25, 0.3) is 0 Å². The molecule has 3 aromatic heterocycles. The van der Waals surface area contributed by atoms with E-state index in [0.717, 1.165) is 11.1 Å². The molecular formula is C20H18ClFN6. The first kappa shape index (κ1) is 18.5. The highest BCUT2D eigenvalue weighted by molar-refractivity contribution is 6.29. The second-order valence-electron chi connectivity index (χ2n) is 6.71. The van der Waals surface area contributed by atoms with Crippen molar-refractivity contribution in [1.82, 2.24) is 19.7 Å². The number of hydrogen-bond donors (Lipinski definition) is 2. The number of aromatic nitrogens is 4. The summed E-state index contributed by atoms with van der Waals surface area (Å²) in [5, 5.41) is 4.36. The lowest BCUT2D eigenvalue weighted by Gasteiger charge is -2.33. The molecule has 0 spiro atoms. The lowest BCUT2D eigenvalue weighted by Crippen LogP contribution is -2.51. The molecule has 8 heteroatoms. The van der Waals surface area contributed by atoms with Crippen molar-refractivity contribution in [2.45, 2.75) is 11.6 Å². The van der Waals surface area contributed by atoms with Crippen LogP contribution in [0.2, 0.25) is 5.15 Å². The maximum Gasteiger partial charge on any atom is 0.149 e. The molecule has 3 heterocycles. The van der Waals surface area contributed by atoms with Crippen LogP contribution in [0.25, 0.3) is 16.8 Å². The van der Waals surface area contributed by atoms with Gasteiger partial charge in [-0.1, -0.05) is 29.8 Å². The number of hydrogen-bond acceptors (Lipinski definition) is 5. The van der Waals surface area contributed by atoms with Gasteiger partial charge in [-0.25, -0.2) is 9.37 Å². The number of aryl methyl sites for hydroxylation is 1. The first-order valence-electron chi connectivity index (χ1n) is 8.60. The van der Waals surface area contributed by atoms with Crippen molar-refractivity contribution in [2.75, 3.05) is 0 Å². The molecule has 0 saturated heterocycles. The van der Waals surface area contributed by atoms with Crippen molar-refractivity contribution in [3.05, 3.63) is 83.3 Å². The molecule has 1 aliphatic carbocycles. The lowest BCUT2D eigenvalue weighted by molar-refractivity contribution is 0.480. The Morgan fingerprint density at radius 1 is 1.29 bits per heavy atom. The van der Waals surface area contributed by atoms with Crippen LogP contribution in [-0.2, 0) is 12.6 Å².